The van der Waals surface area contributed by atoms with Crippen molar-refractivity contribution in [3.63, 3.8) is 0 Å². The minimum Gasteiger partial charge on any atom is -0.444 e. The van der Waals surface area contributed by atoms with Gasteiger partial charge in [-0.3, -0.25) is 4.79 Å². The molecule has 1 fully saturated rings. The number of hydrogen-bond donors (Lipinski definition) is 1. The Morgan fingerprint density at radius 2 is 2.04 bits per heavy atom. The molecule has 2 heterocycles. The van der Waals surface area contributed by atoms with Gasteiger partial charge in [0, 0.05) is 18.7 Å². The van der Waals surface area contributed by atoms with Gasteiger partial charge in [-0.25, -0.2) is 14.3 Å². The average molecular weight is 379 g/mol. The molecule has 3 rings (SSSR count). The minimum absolute atomic E-state index is 0.0179. The smallest absolute Gasteiger partial charge is 0.410 e. The normalized spacial score (nSPS) is 15.9. The monoisotopic (exact) mass is 379 g/mol. The number of halogens is 1. The van der Waals surface area contributed by atoms with Crippen LogP contribution in [0.15, 0.2) is 23.0 Å². The fraction of sp³-hybridized carbons (Fsp3) is 0.500. The van der Waals surface area contributed by atoms with Gasteiger partial charge in [0.05, 0.1) is 0 Å². The molecule has 0 aliphatic carbocycles. The molecule has 0 radical (unpaired) electrons. The third kappa shape index (κ3) is 4.12. The van der Waals surface area contributed by atoms with Crippen LogP contribution >= 0.6 is 11.3 Å². The number of aromatic amines is 1. The van der Waals surface area contributed by atoms with Crippen molar-refractivity contribution >= 4 is 17.4 Å². The number of ether oxygens (including phenoxy) is 1. The lowest BCUT2D eigenvalue weighted by Crippen LogP contribution is -2.41. The molecule has 1 amide bonds. The number of benzene rings is 1. The van der Waals surface area contributed by atoms with Gasteiger partial charge in [0.2, 0.25) is 0 Å². The summed E-state index contributed by atoms with van der Waals surface area (Å²) in [4.78, 5) is 24.8. The summed E-state index contributed by atoms with van der Waals surface area (Å²) >= 11 is 0.888. The Kier molecular flexibility index (Phi) is 5.13. The van der Waals surface area contributed by atoms with Gasteiger partial charge in [-0.2, -0.15) is 5.10 Å². The number of piperidine rings is 1. The van der Waals surface area contributed by atoms with Crippen LogP contribution in [-0.4, -0.2) is 39.9 Å². The SMILES string of the molecule is CC(C)(C)OC(=O)N1CCC(c2cccc(-c3n[nH]c(=O)s3)c2F)CC1. The lowest BCUT2D eigenvalue weighted by molar-refractivity contribution is 0.0204. The molecule has 0 bridgehead atoms. The lowest BCUT2D eigenvalue weighted by atomic mass is 9.88. The third-order valence-electron chi connectivity index (χ3n) is 4.28. The van der Waals surface area contributed by atoms with Gasteiger partial charge in [-0.1, -0.05) is 23.5 Å². The van der Waals surface area contributed by atoms with Crippen LogP contribution in [-0.2, 0) is 4.74 Å². The van der Waals surface area contributed by atoms with Crippen LogP contribution in [0.4, 0.5) is 9.18 Å². The lowest BCUT2D eigenvalue weighted by Gasteiger charge is -2.33. The van der Waals surface area contributed by atoms with Gasteiger partial charge < -0.3 is 9.64 Å². The van der Waals surface area contributed by atoms with Gasteiger partial charge in [0.25, 0.3) is 0 Å². The fourth-order valence-corrected chi connectivity index (χ4v) is 3.70. The molecule has 1 aromatic carbocycles. The predicted molar refractivity (Wildman–Crippen MR) is 97.9 cm³/mol. The Labute approximate surface area is 155 Å². The molecular weight excluding hydrogens is 357 g/mol. The number of rotatable bonds is 2. The number of amides is 1. The standard InChI is InChI=1S/C18H22FN3O3S/c1-18(2,3)25-17(24)22-9-7-11(8-10-22)12-5-4-6-13(14(12)19)15-20-21-16(23)26-15/h4-6,11H,7-10H2,1-3H3,(H,21,23). The molecule has 1 aliphatic rings. The van der Waals surface area contributed by atoms with E-state index in [2.05, 4.69) is 10.2 Å². The molecule has 2 aromatic rings. The maximum atomic E-state index is 15.0. The number of nitrogens with zero attached hydrogens (tertiary/aromatic N) is 2. The quantitative estimate of drug-likeness (QED) is 0.862. The largest absolute Gasteiger partial charge is 0.444 e. The van der Waals surface area contributed by atoms with Crippen LogP contribution in [0.1, 0.15) is 45.1 Å². The number of H-pyrrole nitrogens is 1. The molecule has 140 valence electrons. The molecule has 1 aliphatic heterocycles. The average Bonchev–Trinajstić information content (AvgIpc) is 3.00. The summed E-state index contributed by atoms with van der Waals surface area (Å²) in [6.07, 6.45) is 0.999. The Hall–Kier alpha value is -2.22. The Morgan fingerprint density at radius 3 is 2.62 bits per heavy atom. The summed E-state index contributed by atoms with van der Waals surface area (Å²) < 4.78 is 20.4. The van der Waals surface area contributed by atoms with Gasteiger partial charge >= 0.3 is 11.0 Å². The third-order valence-corrected chi connectivity index (χ3v) is 5.06. The molecule has 1 saturated heterocycles. The van der Waals surface area contributed by atoms with Crippen molar-refractivity contribution in [1.29, 1.82) is 0 Å². The zero-order valence-corrected chi connectivity index (χ0v) is 15.9. The highest BCUT2D eigenvalue weighted by Gasteiger charge is 2.29. The first-order valence-electron chi connectivity index (χ1n) is 8.57. The molecule has 0 atom stereocenters. The number of carbonyl (C=O) groups excluding carboxylic acids is 1. The second-order valence-electron chi connectivity index (χ2n) is 7.37. The molecule has 0 unspecified atom stereocenters. The van der Waals surface area contributed by atoms with Crippen molar-refractivity contribution in [1.82, 2.24) is 15.1 Å². The minimum atomic E-state index is -0.528. The zero-order chi connectivity index (χ0) is 18.9. The highest BCUT2D eigenvalue weighted by Crippen LogP contribution is 2.34. The summed E-state index contributed by atoms with van der Waals surface area (Å²) in [7, 11) is 0. The predicted octanol–water partition coefficient (Wildman–Crippen LogP) is 3.75. The summed E-state index contributed by atoms with van der Waals surface area (Å²) in [5.41, 5.74) is 0.411. The van der Waals surface area contributed by atoms with E-state index < -0.39 is 5.60 Å². The maximum absolute atomic E-state index is 15.0. The van der Waals surface area contributed by atoms with E-state index in [4.69, 9.17) is 4.74 Å². The molecular formula is C18H22FN3O3S. The van der Waals surface area contributed by atoms with Crippen molar-refractivity contribution in [2.75, 3.05) is 13.1 Å². The van der Waals surface area contributed by atoms with Gasteiger partial charge in [0.1, 0.15) is 11.4 Å². The number of hydrogen-bond acceptors (Lipinski definition) is 5. The van der Waals surface area contributed by atoms with E-state index in [1.165, 1.54) is 0 Å². The van der Waals surface area contributed by atoms with Crippen LogP contribution in [0.3, 0.4) is 0 Å². The number of carbonyl (C=O) groups is 1. The van der Waals surface area contributed by atoms with Gasteiger partial charge in [-0.15, -0.1) is 0 Å². The van der Waals surface area contributed by atoms with E-state index in [0.29, 0.717) is 42.1 Å². The van der Waals surface area contributed by atoms with E-state index in [-0.39, 0.29) is 22.7 Å². The topological polar surface area (TPSA) is 75.3 Å². The highest BCUT2D eigenvalue weighted by molar-refractivity contribution is 7.12. The van der Waals surface area contributed by atoms with Gasteiger partial charge in [0.15, 0.2) is 5.01 Å². The summed E-state index contributed by atoms with van der Waals surface area (Å²) in [5.74, 6) is -0.324. The highest BCUT2D eigenvalue weighted by atomic mass is 32.1. The van der Waals surface area contributed by atoms with E-state index in [1.807, 2.05) is 20.8 Å². The van der Waals surface area contributed by atoms with Crippen LogP contribution in [0, 0.1) is 5.82 Å². The van der Waals surface area contributed by atoms with Crippen LogP contribution in [0.2, 0.25) is 0 Å². The number of nitrogens with one attached hydrogen (secondary N) is 1. The second kappa shape index (κ2) is 7.19. The van der Waals surface area contributed by atoms with Crippen LogP contribution in [0.25, 0.3) is 10.6 Å². The van der Waals surface area contributed by atoms with E-state index in [0.717, 1.165) is 11.3 Å². The van der Waals surface area contributed by atoms with E-state index >= 15 is 0 Å². The van der Waals surface area contributed by atoms with E-state index in [9.17, 15) is 14.0 Å². The zero-order valence-electron chi connectivity index (χ0n) is 15.0. The molecule has 0 spiro atoms. The molecule has 6 nitrogen and oxygen atoms in total. The first-order chi connectivity index (χ1) is 12.2. The van der Waals surface area contributed by atoms with Crippen molar-refractivity contribution in [2.24, 2.45) is 0 Å². The Morgan fingerprint density at radius 1 is 1.35 bits per heavy atom. The van der Waals surface area contributed by atoms with Crippen molar-refractivity contribution in [3.05, 3.63) is 39.2 Å². The second-order valence-corrected chi connectivity index (χ2v) is 8.33. The van der Waals surface area contributed by atoms with Crippen LogP contribution < -0.4 is 4.87 Å². The van der Waals surface area contributed by atoms with E-state index in [1.54, 1.807) is 23.1 Å². The van der Waals surface area contributed by atoms with Crippen molar-refractivity contribution in [3.8, 4) is 10.6 Å². The van der Waals surface area contributed by atoms with Crippen LogP contribution in [0.5, 0.6) is 0 Å². The summed E-state index contributed by atoms with van der Waals surface area (Å²) in [5, 5.41) is 6.54. The van der Waals surface area contributed by atoms with Crippen molar-refractivity contribution in [2.45, 2.75) is 45.1 Å². The Balaban J connectivity index is 1.72. The number of aromatic nitrogens is 2. The molecule has 26 heavy (non-hydrogen) atoms. The first kappa shape index (κ1) is 18.6. The molecule has 8 heteroatoms. The maximum Gasteiger partial charge on any atom is 0.410 e. The number of likely N-dealkylation sites (tertiary alicyclic amines) is 1. The summed E-state index contributed by atoms with van der Waals surface area (Å²) in [6.45, 7) is 6.56. The molecule has 0 saturated carbocycles. The first-order valence-corrected chi connectivity index (χ1v) is 9.38. The summed E-state index contributed by atoms with van der Waals surface area (Å²) in [6, 6.07) is 5.17. The van der Waals surface area contributed by atoms with Crippen molar-refractivity contribution < 1.29 is 13.9 Å². The molecule has 1 aromatic heterocycles. The van der Waals surface area contributed by atoms with Gasteiger partial charge in [-0.05, 0) is 51.2 Å². The fourth-order valence-electron chi connectivity index (χ4n) is 3.07. The Bertz CT molecular complexity index is 848. The molecule has 1 N–H and O–H groups in total.